The van der Waals surface area contributed by atoms with Crippen LogP contribution >= 0.6 is 27.5 Å². The smallest absolute Gasteiger partial charge is 0.127 e. The van der Waals surface area contributed by atoms with Gasteiger partial charge >= 0.3 is 0 Å². The number of halogens is 3. The first kappa shape index (κ1) is 12.9. The van der Waals surface area contributed by atoms with E-state index in [4.69, 9.17) is 11.6 Å². The zero-order chi connectivity index (χ0) is 11.4. The lowest BCUT2D eigenvalue weighted by molar-refractivity contribution is 0.0341. The van der Waals surface area contributed by atoms with Crippen LogP contribution in [0.1, 0.15) is 17.2 Å². The maximum absolute atomic E-state index is 13.3. The lowest BCUT2D eigenvalue weighted by Crippen LogP contribution is -2.19. The average Bonchev–Trinajstić information content (AvgIpc) is 2.26. The largest absolute Gasteiger partial charge is 0.389 e. The summed E-state index contributed by atoms with van der Waals surface area (Å²) < 4.78 is 13.3. The monoisotopic (exact) mass is 296 g/mol. The minimum Gasteiger partial charge on any atom is -0.389 e. The van der Waals surface area contributed by atoms with Crippen molar-refractivity contribution >= 4 is 27.5 Å². The fraction of sp³-hybridized carbons (Fsp3) is 0.400. The normalized spacial score (nSPS) is 15.0. The zero-order valence-electron chi connectivity index (χ0n) is 7.83. The van der Waals surface area contributed by atoms with Crippen LogP contribution in [-0.4, -0.2) is 21.6 Å². The summed E-state index contributed by atoms with van der Waals surface area (Å²) in [6.45, 7) is 0. The number of alkyl halides is 2. The van der Waals surface area contributed by atoms with E-state index in [0.29, 0.717) is 11.1 Å². The molecule has 15 heavy (non-hydrogen) atoms. The minimum absolute atomic E-state index is 0.0865. The van der Waals surface area contributed by atoms with E-state index < -0.39 is 18.0 Å². The van der Waals surface area contributed by atoms with Crippen LogP contribution in [0.2, 0.25) is 0 Å². The predicted molar refractivity (Wildman–Crippen MR) is 60.7 cm³/mol. The van der Waals surface area contributed by atoms with Crippen LogP contribution in [0.3, 0.4) is 0 Å². The van der Waals surface area contributed by atoms with E-state index in [-0.39, 0.29) is 11.2 Å². The third kappa shape index (κ3) is 3.14. The zero-order valence-corrected chi connectivity index (χ0v) is 10.2. The number of hydrogen-bond donors (Lipinski definition) is 2. The average molecular weight is 298 g/mol. The van der Waals surface area contributed by atoms with Gasteiger partial charge in [0.1, 0.15) is 11.9 Å². The van der Waals surface area contributed by atoms with E-state index in [1.807, 2.05) is 0 Å². The van der Waals surface area contributed by atoms with E-state index in [1.165, 1.54) is 12.1 Å². The topological polar surface area (TPSA) is 40.5 Å². The molecule has 0 saturated heterocycles. The molecule has 0 aliphatic carbocycles. The van der Waals surface area contributed by atoms with E-state index >= 15 is 0 Å². The number of benzene rings is 1. The Morgan fingerprint density at radius 3 is 2.53 bits per heavy atom. The van der Waals surface area contributed by atoms with Gasteiger partial charge in [0.25, 0.3) is 0 Å². The minimum atomic E-state index is -1.09. The van der Waals surface area contributed by atoms with Crippen LogP contribution in [0.4, 0.5) is 4.39 Å². The molecular weight excluding hydrogens is 286 g/mol. The van der Waals surface area contributed by atoms with Gasteiger partial charge in [-0.3, -0.25) is 0 Å². The summed E-state index contributed by atoms with van der Waals surface area (Å²) in [5.41, 5.74) is 0.717. The highest BCUT2D eigenvalue weighted by Gasteiger charge is 2.18. The maximum Gasteiger partial charge on any atom is 0.127 e. The Morgan fingerprint density at radius 2 is 2.07 bits per heavy atom. The molecule has 2 unspecified atom stereocenters. The second-order valence-electron chi connectivity index (χ2n) is 3.15. The van der Waals surface area contributed by atoms with E-state index in [0.717, 1.165) is 0 Å². The standard InChI is InChI=1S/C10H11BrClFO2/c11-4-9(14)10(15)6-1-2-7(5-12)8(13)3-6/h1-3,9-10,14-15H,4-5H2. The molecule has 0 saturated carbocycles. The third-order valence-corrected chi connectivity index (χ3v) is 3.04. The Kier molecular flexibility index (Phi) is 4.99. The van der Waals surface area contributed by atoms with Gasteiger partial charge in [-0.2, -0.15) is 0 Å². The molecule has 0 bridgehead atoms. The summed E-state index contributed by atoms with van der Waals surface area (Å²) in [6, 6.07) is 4.24. The molecule has 0 radical (unpaired) electrons. The van der Waals surface area contributed by atoms with Crippen molar-refractivity contribution in [2.75, 3.05) is 5.33 Å². The number of aliphatic hydroxyl groups is 2. The van der Waals surface area contributed by atoms with Crippen molar-refractivity contribution < 1.29 is 14.6 Å². The van der Waals surface area contributed by atoms with Gasteiger partial charge in [-0.1, -0.05) is 28.1 Å². The number of hydrogen-bond acceptors (Lipinski definition) is 2. The van der Waals surface area contributed by atoms with E-state index in [1.54, 1.807) is 6.07 Å². The van der Waals surface area contributed by atoms with Crippen molar-refractivity contribution in [2.24, 2.45) is 0 Å². The van der Waals surface area contributed by atoms with Crippen molar-refractivity contribution in [1.29, 1.82) is 0 Å². The van der Waals surface area contributed by atoms with Crippen LogP contribution in [-0.2, 0) is 5.88 Å². The van der Waals surface area contributed by atoms with Crippen molar-refractivity contribution in [3.8, 4) is 0 Å². The van der Waals surface area contributed by atoms with Crippen molar-refractivity contribution in [3.05, 3.63) is 35.1 Å². The molecule has 0 aliphatic heterocycles. The fourth-order valence-corrected chi connectivity index (χ4v) is 1.73. The predicted octanol–water partition coefficient (Wildman–Crippen LogP) is 2.35. The first-order valence-electron chi connectivity index (χ1n) is 4.36. The summed E-state index contributed by atoms with van der Waals surface area (Å²) in [5, 5.41) is 19.2. The quantitative estimate of drug-likeness (QED) is 0.838. The van der Waals surface area contributed by atoms with Crippen LogP contribution in [0.5, 0.6) is 0 Å². The van der Waals surface area contributed by atoms with Crippen molar-refractivity contribution in [3.63, 3.8) is 0 Å². The molecule has 2 N–H and O–H groups in total. The second-order valence-corrected chi connectivity index (χ2v) is 4.07. The molecule has 1 aromatic rings. The van der Waals surface area contributed by atoms with Crippen molar-refractivity contribution in [1.82, 2.24) is 0 Å². The molecule has 2 atom stereocenters. The highest BCUT2D eigenvalue weighted by atomic mass is 79.9. The first-order valence-corrected chi connectivity index (χ1v) is 6.02. The number of aliphatic hydroxyl groups excluding tert-OH is 2. The lowest BCUT2D eigenvalue weighted by atomic mass is 10.0. The van der Waals surface area contributed by atoms with Gasteiger partial charge < -0.3 is 10.2 Å². The van der Waals surface area contributed by atoms with Crippen LogP contribution in [0, 0.1) is 5.82 Å². The Morgan fingerprint density at radius 1 is 1.40 bits per heavy atom. The summed E-state index contributed by atoms with van der Waals surface area (Å²) >= 11 is 8.53. The van der Waals surface area contributed by atoms with Gasteiger partial charge in [0.2, 0.25) is 0 Å². The highest BCUT2D eigenvalue weighted by molar-refractivity contribution is 9.09. The Balaban J connectivity index is 2.92. The molecule has 5 heteroatoms. The molecule has 84 valence electrons. The fourth-order valence-electron chi connectivity index (χ4n) is 1.16. The summed E-state index contributed by atoms with van der Waals surface area (Å²) in [6.07, 6.45) is -2.05. The first-order chi connectivity index (χ1) is 7.10. The third-order valence-electron chi connectivity index (χ3n) is 2.09. The van der Waals surface area contributed by atoms with Gasteiger partial charge in [0.05, 0.1) is 12.0 Å². The number of rotatable bonds is 4. The summed E-state index contributed by atoms with van der Waals surface area (Å²) in [7, 11) is 0. The lowest BCUT2D eigenvalue weighted by Gasteiger charge is -2.16. The van der Waals surface area contributed by atoms with Gasteiger partial charge in [-0.05, 0) is 11.6 Å². The van der Waals surface area contributed by atoms with Crippen LogP contribution in [0.15, 0.2) is 18.2 Å². The molecule has 0 amide bonds. The van der Waals surface area contributed by atoms with E-state index in [9.17, 15) is 14.6 Å². The van der Waals surface area contributed by atoms with Crippen molar-refractivity contribution in [2.45, 2.75) is 18.1 Å². The molecule has 1 aromatic carbocycles. The molecular formula is C10H11BrClFO2. The molecule has 2 nitrogen and oxygen atoms in total. The Hall–Kier alpha value is -0.160. The summed E-state index contributed by atoms with van der Waals surface area (Å²) in [5.74, 6) is -0.383. The summed E-state index contributed by atoms with van der Waals surface area (Å²) in [4.78, 5) is 0. The second kappa shape index (κ2) is 5.80. The van der Waals surface area contributed by atoms with Gasteiger partial charge in [0, 0.05) is 10.9 Å². The molecule has 1 rings (SSSR count). The highest BCUT2D eigenvalue weighted by Crippen LogP contribution is 2.21. The maximum atomic E-state index is 13.3. The van der Waals surface area contributed by atoms with Gasteiger partial charge in [0.15, 0.2) is 0 Å². The van der Waals surface area contributed by atoms with Gasteiger partial charge in [-0.15, -0.1) is 11.6 Å². The molecule has 0 spiro atoms. The van der Waals surface area contributed by atoms with E-state index in [2.05, 4.69) is 15.9 Å². The Labute approximate surface area is 101 Å². The Bertz CT molecular complexity index is 335. The van der Waals surface area contributed by atoms with Gasteiger partial charge in [-0.25, -0.2) is 4.39 Å². The van der Waals surface area contributed by atoms with Crippen LogP contribution < -0.4 is 0 Å². The molecule has 0 aliphatic rings. The van der Waals surface area contributed by atoms with Crippen LogP contribution in [0.25, 0.3) is 0 Å². The SMILES string of the molecule is OC(CBr)C(O)c1ccc(CCl)c(F)c1. The molecule has 0 heterocycles. The molecule has 0 aromatic heterocycles. The molecule has 0 fully saturated rings.